The molecule has 0 bridgehead atoms. The van der Waals surface area contributed by atoms with Gasteiger partial charge in [-0.2, -0.15) is 0 Å². The summed E-state index contributed by atoms with van der Waals surface area (Å²) in [5.41, 5.74) is 1.39. The fourth-order valence-corrected chi connectivity index (χ4v) is 3.78. The van der Waals surface area contributed by atoms with Crippen molar-refractivity contribution in [2.45, 2.75) is 11.3 Å². The van der Waals surface area contributed by atoms with E-state index < -0.39 is 10.0 Å². The van der Waals surface area contributed by atoms with Gasteiger partial charge in [-0.25, -0.2) is 8.42 Å². The third-order valence-electron chi connectivity index (χ3n) is 3.69. The molecule has 0 spiro atoms. The maximum absolute atomic E-state index is 12.4. The molecule has 0 aliphatic carbocycles. The smallest absolute Gasteiger partial charge is 0.261 e. The first-order valence-corrected chi connectivity index (χ1v) is 9.20. The molecule has 6 heteroatoms. The summed E-state index contributed by atoms with van der Waals surface area (Å²) in [5, 5.41) is 0.368. The van der Waals surface area contributed by atoms with Crippen LogP contribution in [0.3, 0.4) is 0 Å². The van der Waals surface area contributed by atoms with E-state index in [1.54, 1.807) is 36.4 Å². The summed E-state index contributed by atoms with van der Waals surface area (Å²) >= 11 is 6.00. The number of nitrogens with zero attached hydrogens (tertiary/aromatic N) is 1. The molecular weight excluding hydrogens is 332 g/mol. The fourth-order valence-electron chi connectivity index (χ4n) is 2.46. The van der Waals surface area contributed by atoms with Crippen molar-refractivity contribution in [2.24, 2.45) is 0 Å². The molecule has 2 aromatic carbocycles. The number of hydrogen-bond acceptors (Lipinski definition) is 3. The zero-order chi connectivity index (χ0) is 16.3. The molecule has 0 aromatic heterocycles. The monoisotopic (exact) mass is 348 g/mol. The van der Waals surface area contributed by atoms with Gasteiger partial charge in [0.2, 0.25) is 0 Å². The first kappa shape index (κ1) is 15.9. The molecule has 0 saturated heterocycles. The van der Waals surface area contributed by atoms with Crippen LogP contribution in [0.4, 0.5) is 11.4 Å². The number of halogens is 1. The highest BCUT2D eigenvalue weighted by Gasteiger charge is 2.16. The molecule has 1 aliphatic rings. The maximum atomic E-state index is 12.4. The minimum Gasteiger partial charge on any atom is -0.368 e. The summed E-state index contributed by atoms with van der Waals surface area (Å²) in [6, 6.07) is 13.7. The van der Waals surface area contributed by atoms with Crippen LogP contribution in [0.15, 0.2) is 65.6 Å². The van der Waals surface area contributed by atoms with Gasteiger partial charge in [0.1, 0.15) is 0 Å². The number of para-hydroxylation sites is 1. The fraction of sp³-hybridized carbons (Fsp3) is 0.176. The molecule has 0 unspecified atom stereocenters. The Balaban J connectivity index is 1.80. The van der Waals surface area contributed by atoms with Crippen molar-refractivity contribution >= 4 is 33.0 Å². The molecule has 4 nitrogen and oxygen atoms in total. The van der Waals surface area contributed by atoms with Crippen molar-refractivity contribution in [3.05, 3.63) is 65.7 Å². The van der Waals surface area contributed by atoms with Gasteiger partial charge in [0.15, 0.2) is 0 Å². The van der Waals surface area contributed by atoms with E-state index in [9.17, 15) is 8.42 Å². The SMILES string of the molecule is O=S(=O)(Nc1ccccc1Cl)c1ccc(N2CC=CCC2)cc1. The molecule has 3 rings (SSSR count). The Morgan fingerprint density at radius 2 is 1.74 bits per heavy atom. The molecule has 1 N–H and O–H groups in total. The van der Waals surface area contributed by atoms with E-state index >= 15 is 0 Å². The molecule has 0 radical (unpaired) electrons. The summed E-state index contributed by atoms with van der Waals surface area (Å²) in [5.74, 6) is 0. The van der Waals surface area contributed by atoms with E-state index in [1.807, 2.05) is 12.1 Å². The largest absolute Gasteiger partial charge is 0.368 e. The van der Waals surface area contributed by atoms with E-state index in [0.717, 1.165) is 25.2 Å². The Morgan fingerprint density at radius 3 is 2.39 bits per heavy atom. The standard InChI is InChI=1S/C17H17ClN2O2S/c18-16-6-2-3-7-17(16)19-23(21,22)15-10-8-14(9-11-15)20-12-4-1-5-13-20/h1-4,6-11,19H,5,12-13H2. The van der Waals surface area contributed by atoms with Crippen LogP contribution < -0.4 is 9.62 Å². The molecule has 0 amide bonds. The Hall–Kier alpha value is -1.98. The van der Waals surface area contributed by atoms with Gasteiger partial charge in [-0.3, -0.25) is 4.72 Å². The lowest BCUT2D eigenvalue weighted by Gasteiger charge is -2.25. The number of sulfonamides is 1. The number of nitrogens with one attached hydrogen (secondary N) is 1. The third-order valence-corrected chi connectivity index (χ3v) is 5.40. The van der Waals surface area contributed by atoms with E-state index in [2.05, 4.69) is 21.8 Å². The molecule has 0 fully saturated rings. The van der Waals surface area contributed by atoms with Crippen molar-refractivity contribution in [3.63, 3.8) is 0 Å². The van der Waals surface area contributed by atoms with E-state index in [1.165, 1.54) is 0 Å². The van der Waals surface area contributed by atoms with E-state index in [-0.39, 0.29) is 4.90 Å². The minimum absolute atomic E-state index is 0.216. The quantitative estimate of drug-likeness (QED) is 0.852. The lowest BCUT2D eigenvalue weighted by Crippen LogP contribution is -2.26. The Kier molecular flexibility index (Phi) is 4.59. The van der Waals surface area contributed by atoms with Gasteiger partial charge >= 0.3 is 0 Å². The summed E-state index contributed by atoms with van der Waals surface area (Å²) in [4.78, 5) is 2.42. The molecule has 1 heterocycles. The van der Waals surface area contributed by atoms with Crippen molar-refractivity contribution in [1.29, 1.82) is 0 Å². The predicted octanol–water partition coefficient (Wildman–Crippen LogP) is 3.91. The van der Waals surface area contributed by atoms with Crippen molar-refractivity contribution in [2.75, 3.05) is 22.7 Å². The molecule has 23 heavy (non-hydrogen) atoms. The van der Waals surface area contributed by atoms with Gasteiger partial charge in [-0.1, -0.05) is 35.9 Å². The first-order valence-electron chi connectivity index (χ1n) is 7.34. The second-order valence-corrected chi connectivity index (χ2v) is 7.37. The van der Waals surface area contributed by atoms with Crippen LogP contribution in [0.2, 0.25) is 5.02 Å². The average Bonchev–Trinajstić information content (AvgIpc) is 2.58. The zero-order valence-corrected chi connectivity index (χ0v) is 14.0. The molecule has 0 atom stereocenters. The number of rotatable bonds is 4. The number of anilines is 2. The topological polar surface area (TPSA) is 49.4 Å². The second kappa shape index (κ2) is 6.64. The van der Waals surface area contributed by atoms with E-state index in [4.69, 9.17) is 11.6 Å². The lowest BCUT2D eigenvalue weighted by atomic mass is 10.2. The van der Waals surface area contributed by atoms with Crippen LogP contribution in [0.5, 0.6) is 0 Å². The van der Waals surface area contributed by atoms with Gasteiger partial charge in [0.25, 0.3) is 10.0 Å². The van der Waals surface area contributed by atoms with Crippen LogP contribution in [0.25, 0.3) is 0 Å². The maximum Gasteiger partial charge on any atom is 0.261 e. The summed E-state index contributed by atoms with van der Waals surface area (Å²) in [6.45, 7) is 1.80. The van der Waals surface area contributed by atoms with Crippen molar-refractivity contribution in [3.8, 4) is 0 Å². The summed E-state index contributed by atoms with van der Waals surface area (Å²) < 4.78 is 27.4. The van der Waals surface area contributed by atoms with Gasteiger partial charge < -0.3 is 4.90 Å². The van der Waals surface area contributed by atoms with Crippen LogP contribution in [0, 0.1) is 0 Å². The molecule has 120 valence electrons. The Bertz CT molecular complexity index is 817. The van der Waals surface area contributed by atoms with Crippen LogP contribution in [-0.4, -0.2) is 21.5 Å². The second-order valence-electron chi connectivity index (χ2n) is 5.29. The van der Waals surface area contributed by atoms with E-state index in [0.29, 0.717) is 10.7 Å². The van der Waals surface area contributed by atoms with Crippen LogP contribution in [0.1, 0.15) is 6.42 Å². The molecular formula is C17H17ClN2O2S. The highest BCUT2D eigenvalue weighted by Crippen LogP contribution is 2.25. The zero-order valence-electron chi connectivity index (χ0n) is 12.4. The summed E-state index contributed by atoms with van der Waals surface area (Å²) in [6.07, 6.45) is 5.28. The molecule has 1 aliphatic heterocycles. The van der Waals surface area contributed by atoms with Crippen LogP contribution >= 0.6 is 11.6 Å². The van der Waals surface area contributed by atoms with Gasteiger partial charge in [0.05, 0.1) is 15.6 Å². The third kappa shape index (κ3) is 3.68. The molecule has 0 saturated carbocycles. The Labute approximate surface area is 141 Å². The van der Waals surface area contributed by atoms with Crippen molar-refractivity contribution in [1.82, 2.24) is 0 Å². The van der Waals surface area contributed by atoms with Gasteiger partial charge in [0, 0.05) is 18.8 Å². The minimum atomic E-state index is -3.65. The van der Waals surface area contributed by atoms with Gasteiger partial charge in [-0.15, -0.1) is 0 Å². The summed E-state index contributed by atoms with van der Waals surface area (Å²) in [7, 11) is -3.65. The average molecular weight is 349 g/mol. The Morgan fingerprint density at radius 1 is 1.00 bits per heavy atom. The predicted molar refractivity (Wildman–Crippen MR) is 94.7 cm³/mol. The number of hydrogen-bond donors (Lipinski definition) is 1. The van der Waals surface area contributed by atoms with Gasteiger partial charge in [-0.05, 0) is 42.8 Å². The number of benzene rings is 2. The van der Waals surface area contributed by atoms with Crippen LogP contribution in [-0.2, 0) is 10.0 Å². The molecule has 2 aromatic rings. The normalized spacial score (nSPS) is 14.7. The highest BCUT2D eigenvalue weighted by atomic mass is 35.5. The first-order chi connectivity index (χ1) is 11.1. The lowest BCUT2D eigenvalue weighted by molar-refractivity contribution is 0.601. The van der Waals surface area contributed by atoms with Crippen molar-refractivity contribution < 1.29 is 8.42 Å². The highest BCUT2D eigenvalue weighted by molar-refractivity contribution is 7.92.